The molecule has 0 fully saturated rings. The van der Waals surface area contributed by atoms with Crippen molar-refractivity contribution < 1.29 is 23.5 Å². The fraction of sp³-hybridized carbons (Fsp3) is 0.200. The van der Waals surface area contributed by atoms with E-state index in [9.17, 15) is 9.59 Å². The Kier molecular flexibility index (Phi) is 6.01. The largest absolute Gasteiger partial charge is 0.465 e. The Morgan fingerprint density at radius 1 is 1.11 bits per heavy atom. The van der Waals surface area contributed by atoms with Crippen LogP contribution >= 0.6 is 0 Å². The molecule has 2 aromatic carbocycles. The van der Waals surface area contributed by atoms with Crippen LogP contribution in [-0.2, 0) is 11.2 Å². The van der Waals surface area contributed by atoms with Gasteiger partial charge in [0.2, 0.25) is 5.27 Å². The second-order valence-corrected chi connectivity index (χ2v) is 6.23. The van der Waals surface area contributed by atoms with Crippen molar-refractivity contribution in [3.05, 3.63) is 71.9 Å². The Labute approximate surface area is 162 Å². The third-order valence-electron chi connectivity index (χ3n) is 4.11. The number of hydrogen-bond donors (Lipinski definition) is 2. The van der Waals surface area contributed by atoms with Gasteiger partial charge in [0, 0.05) is 19.0 Å². The number of anilines is 2. The second-order valence-electron chi connectivity index (χ2n) is 6.23. The minimum atomic E-state index is -0.482. The van der Waals surface area contributed by atoms with Gasteiger partial charge < -0.3 is 10.1 Å². The molecule has 0 aliphatic rings. The van der Waals surface area contributed by atoms with E-state index in [2.05, 4.69) is 32.8 Å². The highest BCUT2D eigenvalue weighted by Crippen LogP contribution is 2.12. The summed E-state index contributed by atoms with van der Waals surface area (Å²) < 4.78 is 11.5. The van der Waals surface area contributed by atoms with Crippen molar-refractivity contribution in [1.82, 2.24) is 5.27 Å². The Morgan fingerprint density at radius 2 is 1.82 bits per heavy atom. The molecule has 144 valence electrons. The van der Waals surface area contributed by atoms with E-state index >= 15 is 0 Å². The maximum Gasteiger partial charge on any atom is 0.337 e. The second kappa shape index (κ2) is 8.81. The van der Waals surface area contributed by atoms with E-state index in [1.54, 1.807) is 35.1 Å². The molecule has 3 rings (SSSR count). The van der Waals surface area contributed by atoms with Crippen LogP contribution in [0.3, 0.4) is 0 Å². The molecule has 3 aromatic rings. The molecule has 0 saturated carbocycles. The van der Waals surface area contributed by atoms with Crippen molar-refractivity contribution in [2.75, 3.05) is 17.7 Å². The Morgan fingerprint density at radius 3 is 2.50 bits per heavy atom. The number of rotatable bonds is 6. The summed E-state index contributed by atoms with van der Waals surface area (Å²) in [6.45, 7) is 2.02. The van der Waals surface area contributed by atoms with Crippen LogP contribution in [0, 0.1) is 0 Å². The molecule has 2 N–H and O–H groups in total. The van der Waals surface area contributed by atoms with Crippen LogP contribution in [0.1, 0.15) is 28.9 Å². The number of nitrogens with zero attached hydrogens (tertiary/aromatic N) is 2. The number of amides is 2. The zero-order chi connectivity index (χ0) is 19.9. The number of benzene rings is 2. The van der Waals surface area contributed by atoms with Crippen molar-refractivity contribution in [3.8, 4) is 0 Å². The van der Waals surface area contributed by atoms with Crippen molar-refractivity contribution in [3.63, 3.8) is 0 Å². The van der Waals surface area contributed by atoms with Gasteiger partial charge in [-0.1, -0.05) is 30.3 Å². The van der Waals surface area contributed by atoms with Crippen LogP contribution in [0.4, 0.5) is 16.4 Å². The number of carbonyl (C=O) groups excluding carboxylic acids is 2. The van der Waals surface area contributed by atoms with E-state index in [0.717, 1.165) is 6.42 Å². The molecular weight excluding hydrogens is 360 g/mol. The highest BCUT2D eigenvalue weighted by Gasteiger charge is 2.21. The lowest BCUT2D eigenvalue weighted by molar-refractivity contribution is -0.782. The summed E-state index contributed by atoms with van der Waals surface area (Å²) in [7, 11) is 1.31. The van der Waals surface area contributed by atoms with E-state index in [0.29, 0.717) is 11.3 Å². The molecule has 1 heterocycles. The molecule has 0 spiro atoms. The van der Waals surface area contributed by atoms with E-state index in [1.807, 2.05) is 25.1 Å². The number of nitrogens with one attached hydrogen (secondary N) is 2. The average molecular weight is 381 g/mol. The number of hydrogen-bond acceptors (Lipinski definition) is 5. The predicted octanol–water partition coefficient (Wildman–Crippen LogP) is 3.20. The van der Waals surface area contributed by atoms with Gasteiger partial charge in [-0.25, -0.2) is 9.59 Å². The first-order chi connectivity index (χ1) is 13.5. The van der Waals surface area contributed by atoms with Gasteiger partial charge in [0.05, 0.1) is 12.7 Å². The summed E-state index contributed by atoms with van der Waals surface area (Å²) in [4.78, 5) is 23.5. The van der Waals surface area contributed by atoms with Crippen molar-refractivity contribution >= 4 is 23.6 Å². The molecule has 0 aliphatic carbocycles. The fourth-order valence-electron chi connectivity index (χ4n) is 2.65. The van der Waals surface area contributed by atoms with Crippen molar-refractivity contribution in [2.24, 2.45) is 0 Å². The summed E-state index contributed by atoms with van der Waals surface area (Å²) in [6.07, 6.45) is 2.42. The van der Waals surface area contributed by atoms with Crippen LogP contribution in [0.5, 0.6) is 0 Å². The summed E-state index contributed by atoms with van der Waals surface area (Å²) in [5.74, 6) is -0.213. The Bertz CT molecular complexity index is 938. The van der Waals surface area contributed by atoms with E-state index in [4.69, 9.17) is 4.52 Å². The minimum absolute atomic E-state index is 0.0654. The molecular formula is C20H21N4O4+. The molecule has 0 radical (unpaired) electrons. The number of esters is 1. The first kappa shape index (κ1) is 19.1. The van der Waals surface area contributed by atoms with Gasteiger partial charge in [-0.15, -0.1) is 0 Å². The molecule has 0 saturated heterocycles. The third kappa shape index (κ3) is 4.94. The van der Waals surface area contributed by atoms with Gasteiger partial charge >= 0.3 is 17.9 Å². The van der Waals surface area contributed by atoms with Crippen LogP contribution in [-0.4, -0.2) is 24.4 Å². The van der Waals surface area contributed by atoms with Crippen molar-refractivity contribution in [1.29, 1.82) is 0 Å². The molecule has 0 bridgehead atoms. The summed E-state index contributed by atoms with van der Waals surface area (Å²) >= 11 is 0. The van der Waals surface area contributed by atoms with E-state index in [-0.39, 0.29) is 11.9 Å². The normalized spacial score (nSPS) is 11.5. The standard InChI is InChI=1S/C20H20N4O4/c1-14(12-15-6-4-3-5-7-15)24-13-18(28-23-24)22-20(26)21-17-10-8-16(9-11-17)19(25)27-2/h3-11,13-14H,12H2,1-2H3,(H-,21,22,23,25,26)/p+1. The fourth-order valence-corrected chi connectivity index (χ4v) is 2.65. The average Bonchev–Trinajstić information content (AvgIpc) is 3.17. The Balaban J connectivity index is 1.55. The predicted molar refractivity (Wildman–Crippen MR) is 102 cm³/mol. The van der Waals surface area contributed by atoms with Crippen LogP contribution in [0.15, 0.2) is 65.3 Å². The van der Waals surface area contributed by atoms with Gasteiger partial charge in [-0.3, -0.25) is 9.84 Å². The first-order valence-electron chi connectivity index (χ1n) is 8.73. The highest BCUT2D eigenvalue weighted by molar-refractivity contribution is 5.99. The molecule has 28 heavy (non-hydrogen) atoms. The zero-order valence-electron chi connectivity index (χ0n) is 15.6. The third-order valence-corrected chi connectivity index (χ3v) is 4.11. The minimum Gasteiger partial charge on any atom is -0.465 e. The lowest BCUT2D eigenvalue weighted by atomic mass is 10.1. The number of methoxy groups -OCH3 is 1. The maximum atomic E-state index is 12.1. The lowest BCUT2D eigenvalue weighted by Gasteiger charge is -2.05. The molecule has 0 aliphatic heterocycles. The number of aromatic nitrogens is 2. The Hall–Kier alpha value is -3.68. The molecule has 1 unspecified atom stereocenters. The van der Waals surface area contributed by atoms with Gasteiger partial charge in [0.15, 0.2) is 6.04 Å². The molecule has 1 atom stereocenters. The van der Waals surface area contributed by atoms with Gasteiger partial charge in [0.25, 0.3) is 6.20 Å². The van der Waals surface area contributed by atoms with Gasteiger partial charge in [-0.05, 0) is 34.5 Å². The van der Waals surface area contributed by atoms with Crippen LogP contribution in [0.25, 0.3) is 0 Å². The van der Waals surface area contributed by atoms with E-state index < -0.39 is 12.0 Å². The first-order valence-corrected chi connectivity index (χ1v) is 8.73. The lowest BCUT2D eigenvalue weighted by Crippen LogP contribution is -2.40. The molecule has 8 nitrogen and oxygen atoms in total. The van der Waals surface area contributed by atoms with Gasteiger partial charge in [-0.2, -0.15) is 0 Å². The summed E-state index contributed by atoms with van der Waals surface area (Å²) in [6, 6.07) is 16.0. The number of urea groups is 1. The van der Waals surface area contributed by atoms with Crippen LogP contribution in [0.2, 0.25) is 0 Å². The smallest absolute Gasteiger partial charge is 0.337 e. The quantitative estimate of drug-likeness (QED) is 0.505. The van der Waals surface area contributed by atoms with E-state index in [1.165, 1.54) is 12.7 Å². The number of carbonyl (C=O) groups is 2. The molecule has 8 heteroatoms. The topological polar surface area (TPSA) is 97.3 Å². The summed E-state index contributed by atoms with van der Waals surface area (Å²) in [5, 5.41) is 9.20. The SMILES string of the molecule is COC(=O)c1ccc(NC(=O)Nc2c[n+](C(C)Cc3ccccc3)no2)cc1. The summed E-state index contributed by atoms with van der Waals surface area (Å²) in [5.41, 5.74) is 2.11. The zero-order valence-corrected chi connectivity index (χ0v) is 15.6. The highest BCUT2D eigenvalue weighted by atomic mass is 16.5. The number of ether oxygens (including phenoxy) is 1. The van der Waals surface area contributed by atoms with Gasteiger partial charge in [0.1, 0.15) is 0 Å². The molecule has 2 amide bonds. The maximum absolute atomic E-state index is 12.1. The van der Waals surface area contributed by atoms with Crippen LogP contribution < -0.4 is 15.3 Å². The monoisotopic (exact) mass is 381 g/mol. The molecule has 1 aromatic heterocycles. The van der Waals surface area contributed by atoms with Crippen molar-refractivity contribution in [2.45, 2.75) is 19.4 Å².